The third-order valence-corrected chi connectivity index (χ3v) is 4.67. The maximum atomic E-state index is 11.7. The van der Waals surface area contributed by atoms with E-state index in [0.29, 0.717) is 6.42 Å². The van der Waals surface area contributed by atoms with Gasteiger partial charge in [-0.3, -0.25) is 4.79 Å². The van der Waals surface area contributed by atoms with E-state index in [4.69, 9.17) is 5.73 Å². The van der Waals surface area contributed by atoms with Gasteiger partial charge in [0.15, 0.2) is 0 Å². The topological polar surface area (TPSA) is 67.2 Å². The summed E-state index contributed by atoms with van der Waals surface area (Å²) in [4.78, 5) is 11.7. The van der Waals surface area contributed by atoms with E-state index >= 15 is 0 Å². The first-order valence-electron chi connectivity index (χ1n) is 11.0. The van der Waals surface area contributed by atoms with E-state index in [2.05, 4.69) is 17.6 Å². The van der Waals surface area contributed by atoms with Crippen LogP contribution in [0.25, 0.3) is 0 Å². The first-order valence-corrected chi connectivity index (χ1v) is 11.0. The zero-order chi connectivity index (χ0) is 18.4. The van der Waals surface area contributed by atoms with Gasteiger partial charge in [-0.25, -0.2) is 0 Å². The monoisotopic (exact) mass is 355 g/mol. The van der Waals surface area contributed by atoms with Crippen LogP contribution in [0.2, 0.25) is 0 Å². The van der Waals surface area contributed by atoms with Gasteiger partial charge in [-0.1, -0.05) is 71.1 Å². The summed E-state index contributed by atoms with van der Waals surface area (Å²) in [5.41, 5.74) is 5.44. The second-order valence-corrected chi connectivity index (χ2v) is 7.23. The number of hydrogen-bond donors (Lipinski definition) is 3. The van der Waals surface area contributed by atoms with E-state index in [1.54, 1.807) is 0 Å². The number of nitrogens with one attached hydrogen (secondary N) is 2. The van der Waals surface area contributed by atoms with Gasteiger partial charge in [0, 0.05) is 13.0 Å². The van der Waals surface area contributed by atoms with Gasteiger partial charge in [0.1, 0.15) is 0 Å². The smallest absolute Gasteiger partial charge is 0.219 e. The van der Waals surface area contributed by atoms with Crippen LogP contribution in [-0.2, 0) is 4.79 Å². The highest BCUT2D eigenvalue weighted by Crippen LogP contribution is 2.11. The van der Waals surface area contributed by atoms with Gasteiger partial charge in [-0.05, 0) is 45.3 Å². The predicted octanol–water partition coefficient (Wildman–Crippen LogP) is 4.52. The molecular weight excluding hydrogens is 310 g/mol. The minimum Gasteiger partial charge on any atom is -0.356 e. The fourth-order valence-electron chi connectivity index (χ4n) is 2.99. The van der Waals surface area contributed by atoms with E-state index in [1.807, 2.05) is 0 Å². The van der Waals surface area contributed by atoms with Crippen molar-refractivity contribution in [1.29, 1.82) is 0 Å². The Hall–Kier alpha value is -0.610. The second kappa shape index (κ2) is 21.4. The molecule has 0 saturated heterocycles. The summed E-state index contributed by atoms with van der Waals surface area (Å²) < 4.78 is 0. The minimum atomic E-state index is 0.229. The molecule has 0 aliphatic heterocycles. The molecule has 0 aliphatic rings. The molecule has 150 valence electrons. The van der Waals surface area contributed by atoms with Gasteiger partial charge in [0.05, 0.1) is 0 Å². The maximum absolute atomic E-state index is 11.7. The lowest BCUT2D eigenvalue weighted by atomic mass is 10.1. The second-order valence-electron chi connectivity index (χ2n) is 7.23. The number of rotatable bonds is 20. The standard InChI is InChI=1S/C21H45N3O/c1-2-3-4-5-6-7-8-9-10-11-12-16-21(25)24-20-14-13-18-23-19-15-17-22/h23H,2-20,22H2,1H3,(H,24,25). The number of hydrogen-bond acceptors (Lipinski definition) is 3. The third kappa shape index (κ3) is 21.3. The molecule has 0 aromatic carbocycles. The molecule has 0 rings (SSSR count). The molecule has 1 amide bonds. The van der Waals surface area contributed by atoms with E-state index < -0.39 is 0 Å². The summed E-state index contributed by atoms with van der Waals surface area (Å²) in [6.07, 6.45) is 18.5. The SMILES string of the molecule is CCCCCCCCCCCCCC(=O)NCCCCNCCCN. The van der Waals surface area contributed by atoms with Gasteiger partial charge in [0.25, 0.3) is 0 Å². The average Bonchev–Trinajstić information content (AvgIpc) is 2.62. The van der Waals surface area contributed by atoms with Gasteiger partial charge in [-0.2, -0.15) is 0 Å². The largest absolute Gasteiger partial charge is 0.356 e. The van der Waals surface area contributed by atoms with Crippen LogP contribution in [-0.4, -0.2) is 32.1 Å². The van der Waals surface area contributed by atoms with Crippen LogP contribution >= 0.6 is 0 Å². The molecule has 0 aromatic rings. The molecule has 4 N–H and O–H groups in total. The minimum absolute atomic E-state index is 0.229. The van der Waals surface area contributed by atoms with Crippen LogP contribution in [0, 0.1) is 0 Å². The summed E-state index contributed by atoms with van der Waals surface area (Å²) in [5, 5.41) is 6.39. The Morgan fingerprint density at radius 2 is 1.20 bits per heavy atom. The van der Waals surface area contributed by atoms with Crippen molar-refractivity contribution in [2.24, 2.45) is 5.73 Å². The quantitative estimate of drug-likeness (QED) is 0.281. The van der Waals surface area contributed by atoms with Gasteiger partial charge >= 0.3 is 0 Å². The van der Waals surface area contributed by atoms with Crippen LogP contribution in [0.15, 0.2) is 0 Å². The molecule has 4 heteroatoms. The lowest BCUT2D eigenvalue weighted by Crippen LogP contribution is -2.25. The molecule has 25 heavy (non-hydrogen) atoms. The molecule has 0 fully saturated rings. The van der Waals surface area contributed by atoms with Crippen molar-refractivity contribution in [2.75, 3.05) is 26.2 Å². The van der Waals surface area contributed by atoms with Crippen LogP contribution in [0.4, 0.5) is 0 Å². The van der Waals surface area contributed by atoms with Crippen molar-refractivity contribution >= 4 is 5.91 Å². The molecule has 4 nitrogen and oxygen atoms in total. The van der Waals surface area contributed by atoms with Crippen molar-refractivity contribution in [3.05, 3.63) is 0 Å². The van der Waals surface area contributed by atoms with E-state index in [-0.39, 0.29) is 5.91 Å². The first kappa shape index (κ1) is 24.4. The first-order chi connectivity index (χ1) is 12.3. The van der Waals surface area contributed by atoms with Crippen LogP contribution in [0.1, 0.15) is 103 Å². The molecule has 0 atom stereocenters. The summed E-state index contributed by atoms with van der Waals surface area (Å²) >= 11 is 0. The Kier molecular flexibility index (Phi) is 20.9. The highest BCUT2D eigenvalue weighted by molar-refractivity contribution is 5.75. The lowest BCUT2D eigenvalue weighted by Gasteiger charge is -2.06. The van der Waals surface area contributed by atoms with Crippen molar-refractivity contribution < 1.29 is 4.79 Å². The van der Waals surface area contributed by atoms with Gasteiger partial charge in [0.2, 0.25) is 5.91 Å². The molecular formula is C21H45N3O. The maximum Gasteiger partial charge on any atom is 0.219 e. The zero-order valence-electron chi connectivity index (χ0n) is 16.9. The summed E-state index contributed by atoms with van der Waals surface area (Å²) in [6.45, 7) is 5.86. The third-order valence-electron chi connectivity index (χ3n) is 4.67. The molecule has 0 heterocycles. The normalized spacial score (nSPS) is 11.0. The fraction of sp³-hybridized carbons (Fsp3) is 0.952. The highest BCUT2D eigenvalue weighted by Gasteiger charge is 2.00. The van der Waals surface area contributed by atoms with Crippen molar-refractivity contribution in [1.82, 2.24) is 10.6 Å². The van der Waals surface area contributed by atoms with Crippen LogP contribution in [0.3, 0.4) is 0 Å². The summed E-state index contributed by atoms with van der Waals surface area (Å²) in [5.74, 6) is 0.229. The van der Waals surface area contributed by atoms with Crippen LogP contribution < -0.4 is 16.4 Å². The molecule has 0 aliphatic carbocycles. The number of carbonyl (C=O) groups is 1. The predicted molar refractivity (Wildman–Crippen MR) is 110 cm³/mol. The summed E-state index contributed by atoms with van der Waals surface area (Å²) in [7, 11) is 0. The Morgan fingerprint density at radius 1 is 0.680 bits per heavy atom. The number of unbranched alkanes of at least 4 members (excludes halogenated alkanes) is 11. The number of carbonyl (C=O) groups excluding carboxylic acids is 1. The lowest BCUT2D eigenvalue weighted by molar-refractivity contribution is -0.121. The van der Waals surface area contributed by atoms with E-state index in [0.717, 1.165) is 51.9 Å². The molecule has 0 aromatic heterocycles. The summed E-state index contributed by atoms with van der Waals surface area (Å²) in [6, 6.07) is 0. The molecule has 0 unspecified atom stereocenters. The Labute approximate surface area is 157 Å². The van der Waals surface area contributed by atoms with Crippen molar-refractivity contribution in [2.45, 2.75) is 103 Å². The van der Waals surface area contributed by atoms with E-state index in [9.17, 15) is 4.79 Å². The zero-order valence-corrected chi connectivity index (χ0v) is 16.9. The molecule has 0 spiro atoms. The average molecular weight is 356 g/mol. The van der Waals surface area contributed by atoms with Gasteiger partial charge < -0.3 is 16.4 Å². The van der Waals surface area contributed by atoms with E-state index in [1.165, 1.54) is 64.2 Å². The fourth-order valence-corrected chi connectivity index (χ4v) is 2.99. The molecule has 0 bridgehead atoms. The van der Waals surface area contributed by atoms with Gasteiger partial charge in [-0.15, -0.1) is 0 Å². The van der Waals surface area contributed by atoms with Crippen molar-refractivity contribution in [3.63, 3.8) is 0 Å². The highest BCUT2D eigenvalue weighted by atomic mass is 16.1. The molecule has 0 radical (unpaired) electrons. The Balaban J connectivity index is 3.13. The number of nitrogens with two attached hydrogens (primary N) is 1. The Bertz CT molecular complexity index is 272. The molecule has 0 saturated carbocycles. The Morgan fingerprint density at radius 3 is 1.80 bits per heavy atom. The number of amides is 1. The van der Waals surface area contributed by atoms with Crippen LogP contribution in [0.5, 0.6) is 0 Å². The van der Waals surface area contributed by atoms with Crippen molar-refractivity contribution in [3.8, 4) is 0 Å².